The van der Waals surface area contributed by atoms with Crippen LogP contribution < -0.4 is 5.32 Å². The van der Waals surface area contributed by atoms with Gasteiger partial charge in [0.05, 0.1) is 18.7 Å². The van der Waals surface area contributed by atoms with E-state index in [1.165, 1.54) is 19.7 Å². The Morgan fingerprint density at radius 3 is 2.88 bits per heavy atom. The van der Waals surface area contributed by atoms with E-state index in [1.54, 1.807) is 12.1 Å². The summed E-state index contributed by atoms with van der Waals surface area (Å²) in [5.74, 6) is 0.509. The summed E-state index contributed by atoms with van der Waals surface area (Å²) in [5.41, 5.74) is 0. The van der Waals surface area contributed by atoms with E-state index >= 15 is 0 Å². The molecule has 3 rings (SSSR count). The molecule has 3 atom stereocenters. The van der Waals surface area contributed by atoms with Gasteiger partial charge in [0.2, 0.25) is 5.91 Å². The molecular weight excluding hydrogens is 330 g/mol. The van der Waals surface area contributed by atoms with Crippen molar-refractivity contribution < 1.29 is 14.3 Å². The number of likely N-dealkylation sites (tertiary alicyclic amines) is 1. The molecule has 1 N–H and O–H groups in total. The van der Waals surface area contributed by atoms with Crippen LogP contribution in [0.3, 0.4) is 0 Å². The predicted octanol–water partition coefficient (Wildman–Crippen LogP) is 2.48. The van der Waals surface area contributed by atoms with Gasteiger partial charge in [0.15, 0.2) is 0 Å². The van der Waals surface area contributed by atoms with Crippen LogP contribution in [0, 0.1) is 5.92 Å². The number of aromatic nitrogens is 1. The maximum atomic E-state index is 12.4. The van der Waals surface area contributed by atoms with E-state index in [4.69, 9.17) is 16.3 Å². The fourth-order valence-corrected chi connectivity index (χ4v) is 4.06. The molecule has 0 radical (unpaired) electrons. The normalized spacial score (nSPS) is 26.7. The largest absolute Gasteiger partial charge is 0.468 e. The molecule has 7 heteroatoms. The lowest BCUT2D eigenvalue weighted by molar-refractivity contribution is -0.146. The van der Waals surface area contributed by atoms with Crippen LogP contribution in [-0.2, 0) is 14.3 Å². The number of nitrogens with zero attached hydrogens (tertiary/aromatic N) is 2. The molecule has 2 heterocycles. The van der Waals surface area contributed by atoms with Gasteiger partial charge >= 0.3 is 5.97 Å². The SMILES string of the molecule is COC(=O)[C@@H]1C[C@H]2CCCC[C@H]2N1CC(=O)Nc1ccc(Cl)cn1. The Morgan fingerprint density at radius 2 is 2.17 bits per heavy atom. The molecule has 1 aromatic heterocycles. The van der Waals surface area contributed by atoms with Gasteiger partial charge in [-0.15, -0.1) is 0 Å². The van der Waals surface area contributed by atoms with Crippen molar-refractivity contribution in [3.05, 3.63) is 23.4 Å². The minimum Gasteiger partial charge on any atom is -0.468 e. The van der Waals surface area contributed by atoms with E-state index in [-0.39, 0.29) is 30.5 Å². The first-order valence-electron chi connectivity index (χ1n) is 8.33. The van der Waals surface area contributed by atoms with E-state index < -0.39 is 0 Å². The van der Waals surface area contributed by atoms with Crippen LogP contribution in [0.4, 0.5) is 5.82 Å². The summed E-state index contributed by atoms with van der Waals surface area (Å²) in [4.78, 5) is 30.6. The van der Waals surface area contributed by atoms with Gasteiger partial charge in [0.25, 0.3) is 0 Å². The van der Waals surface area contributed by atoms with Gasteiger partial charge in [-0.05, 0) is 37.3 Å². The first-order valence-corrected chi connectivity index (χ1v) is 8.71. The van der Waals surface area contributed by atoms with Crippen LogP contribution in [0.25, 0.3) is 0 Å². The number of carbonyl (C=O) groups is 2. The van der Waals surface area contributed by atoms with Crippen LogP contribution in [-0.4, -0.2) is 47.5 Å². The van der Waals surface area contributed by atoms with Crippen molar-refractivity contribution >= 4 is 29.3 Å². The van der Waals surface area contributed by atoms with Gasteiger partial charge in [-0.2, -0.15) is 0 Å². The molecule has 0 unspecified atom stereocenters. The van der Waals surface area contributed by atoms with E-state index in [2.05, 4.69) is 10.3 Å². The number of nitrogens with one attached hydrogen (secondary N) is 1. The highest BCUT2D eigenvalue weighted by molar-refractivity contribution is 6.30. The maximum Gasteiger partial charge on any atom is 0.323 e. The average molecular weight is 352 g/mol. The molecule has 1 saturated carbocycles. The number of amides is 1. The molecule has 1 aliphatic carbocycles. The van der Waals surface area contributed by atoms with Gasteiger partial charge in [0, 0.05) is 12.2 Å². The van der Waals surface area contributed by atoms with Crippen molar-refractivity contribution in [2.24, 2.45) is 5.92 Å². The van der Waals surface area contributed by atoms with Crippen molar-refractivity contribution in [3.8, 4) is 0 Å². The number of esters is 1. The number of hydrogen-bond donors (Lipinski definition) is 1. The summed E-state index contributed by atoms with van der Waals surface area (Å²) in [6, 6.07) is 3.29. The molecule has 1 aliphatic heterocycles. The molecule has 24 heavy (non-hydrogen) atoms. The number of hydrogen-bond acceptors (Lipinski definition) is 5. The molecule has 1 aromatic rings. The quantitative estimate of drug-likeness (QED) is 0.844. The Hall–Kier alpha value is -1.66. The highest BCUT2D eigenvalue weighted by Crippen LogP contribution is 2.39. The summed E-state index contributed by atoms with van der Waals surface area (Å²) in [5, 5.41) is 3.28. The number of methoxy groups -OCH3 is 1. The number of halogens is 1. The standard InChI is InChI=1S/C17H22ClN3O3/c1-24-17(23)14-8-11-4-2-3-5-13(11)21(14)10-16(22)20-15-7-6-12(18)9-19-15/h6-7,9,11,13-14H,2-5,8,10H2,1H3,(H,19,20,22)/t11-,13-,14+/m1/s1. The number of pyridine rings is 1. The zero-order valence-corrected chi connectivity index (χ0v) is 14.5. The second kappa shape index (κ2) is 7.49. The van der Waals surface area contributed by atoms with Crippen molar-refractivity contribution in [2.75, 3.05) is 19.0 Å². The van der Waals surface area contributed by atoms with Crippen molar-refractivity contribution in [3.63, 3.8) is 0 Å². The van der Waals surface area contributed by atoms with Crippen LogP contribution in [0.5, 0.6) is 0 Å². The number of ether oxygens (including phenoxy) is 1. The first-order chi connectivity index (χ1) is 11.6. The van der Waals surface area contributed by atoms with E-state index in [0.717, 1.165) is 25.7 Å². The molecule has 130 valence electrons. The van der Waals surface area contributed by atoms with Crippen molar-refractivity contribution in [1.82, 2.24) is 9.88 Å². The summed E-state index contributed by atoms with van der Waals surface area (Å²) in [6.07, 6.45) is 6.76. The number of fused-ring (bicyclic) bond motifs is 1. The maximum absolute atomic E-state index is 12.4. The minimum absolute atomic E-state index is 0.172. The lowest BCUT2D eigenvalue weighted by Crippen LogP contribution is -2.46. The van der Waals surface area contributed by atoms with Gasteiger partial charge in [-0.25, -0.2) is 4.98 Å². The van der Waals surface area contributed by atoms with Crippen molar-refractivity contribution in [1.29, 1.82) is 0 Å². The molecule has 2 aliphatic rings. The topological polar surface area (TPSA) is 71.5 Å². The molecule has 2 fully saturated rings. The number of anilines is 1. The molecule has 0 bridgehead atoms. The predicted molar refractivity (Wildman–Crippen MR) is 90.7 cm³/mol. The van der Waals surface area contributed by atoms with Crippen LogP contribution >= 0.6 is 11.6 Å². The third-order valence-electron chi connectivity index (χ3n) is 5.02. The zero-order chi connectivity index (χ0) is 17.1. The second-order valence-electron chi connectivity index (χ2n) is 6.47. The van der Waals surface area contributed by atoms with Gasteiger partial charge < -0.3 is 10.1 Å². The summed E-state index contributed by atoms with van der Waals surface area (Å²) in [6.45, 7) is 0.172. The Morgan fingerprint density at radius 1 is 1.38 bits per heavy atom. The third kappa shape index (κ3) is 3.70. The fourth-order valence-electron chi connectivity index (χ4n) is 3.95. The zero-order valence-electron chi connectivity index (χ0n) is 13.7. The van der Waals surface area contributed by atoms with Crippen LogP contribution in [0.2, 0.25) is 5.02 Å². The highest BCUT2D eigenvalue weighted by atomic mass is 35.5. The Balaban J connectivity index is 1.68. The van der Waals surface area contributed by atoms with E-state index in [0.29, 0.717) is 16.8 Å². The van der Waals surface area contributed by atoms with Gasteiger partial charge in [-0.1, -0.05) is 24.4 Å². The summed E-state index contributed by atoms with van der Waals surface area (Å²) >= 11 is 5.80. The Labute approximate surface area is 146 Å². The average Bonchev–Trinajstić information content (AvgIpc) is 2.95. The third-order valence-corrected chi connectivity index (χ3v) is 5.24. The first kappa shape index (κ1) is 17.2. The van der Waals surface area contributed by atoms with Gasteiger partial charge in [0.1, 0.15) is 11.9 Å². The Bertz CT molecular complexity index is 608. The molecular formula is C17H22ClN3O3. The van der Waals surface area contributed by atoms with E-state index in [1.807, 2.05) is 4.90 Å². The molecule has 1 saturated heterocycles. The number of carbonyl (C=O) groups excluding carboxylic acids is 2. The smallest absolute Gasteiger partial charge is 0.323 e. The molecule has 0 spiro atoms. The lowest BCUT2D eigenvalue weighted by Gasteiger charge is -2.32. The monoisotopic (exact) mass is 351 g/mol. The van der Waals surface area contributed by atoms with Crippen LogP contribution in [0.15, 0.2) is 18.3 Å². The molecule has 0 aromatic carbocycles. The highest BCUT2D eigenvalue weighted by Gasteiger charge is 2.46. The van der Waals surface area contributed by atoms with Crippen LogP contribution in [0.1, 0.15) is 32.1 Å². The summed E-state index contributed by atoms with van der Waals surface area (Å²) < 4.78 is 4.94. The van der Waals surface area contributed by atoms with E-state index in [9.17, 15) is 9.59 Å². The molecule has 6 nitrogen and oxygen atoms in total. The summed E-state index contributed by atoms with van der Waals surface area (Å²) in [7, 11) is 1.40. The number of rotatable bonds is 4. The second-order valence-corrected chi connectivity index (χ2v) is 6.91. The molecule has 1 amide bonds. The van der Waals surface area contributed by atoms with Crippen molar-refractivity contribution in [2.45, 2.75) is 44.2 Å². The van der Waals surface area contributed by atoms with Gasteiger partial charge in [-0.3, -0.25) is 14.5 Å². The minimum atomic E-state index is -0.327. The Kier molecular flexibility index (Phi) is 5.36. The fraction of sp³-hybridized carbons (Fsp3) is 0.588. The lowest BCUT2D eigenvalue weighted by atomic mass is 9.85.